The number of aromatic nitrogens is 3. The fraction of sp³-hybridized carbons (Fsp3) is 0.105. The van der Waals surface area contributed by atoms with E-state index in [1.54, 1.807) is 12.4 Å². The number of sulfonamides is 1. The zero-order chi connectivity index (χ0) is 18.7. The highest BCUT2D eigenvalue weighted by atomic mass is 32.2. The van der Waals surface area contributed by atoms with Crippen molar-refractivity contribution in [3.63, 3.8) is 0 Å². The molecule has 0 unspecified atom stereocenters. The first kappa shape index (κ1) is 17.3. The summed E-state index contributed by atoms with van der Waals surface area (Å²) in [6.07, 6.45) is 5.20. The van der Waals surface area contributed by atoms with E-state index >= 15 is 0 Å². The number of nitrogens with zero attached hydrogens (tertiary/aromatic N) is 3. The predicted molar refractivity (Wildman–Crippen MR) is 100 cm³/mol. The molecule has 3 aromatic heterocycles. The van der Waals surface area contributed by atoms with Gasteiger partial charge in [0.05, 0.1) is 11.6 Å². The molecule has 0 atom stereocenters. The molecule has 1 aromatic carbocycles. The number of pyridine rings is 2. The van der Waals surface area contributed by atoms with E-state index in [9.17, 15) is 8.42 Å². The Bertz CT molecular complexity index is 1160. The van der Waals surface area contributed by atoms with Crippen LogP contribution in [0.5, 0.6) is 0 Å². The smallest absolute Gasteiger partial charge is 0.258 e. The average Bonchev–Trinajstić information content (AvgIpc) is 3.13. The van der Waals surface area contributed by atoms with Crippen LogP contribution in [0.25, 0.3) is 22.4 Å². The fourth-order valence-electron chi connectivity index (χ4n) is 2.73. The van der Waals surface area contributed by atoms with Crippen LogP contribution in [0.4, 0.5) is 0 Å². The van der Waals surface area contributed by atoms with Crippen molar-refractivity contribution in [2.24, 2.45) is 0 Å². The van der Waals surface area contributed by atoms with Crippen LogP contribution < -0.4 is 4.72 Å². The molecular weight excluding hydrogens is 364 g/mol. The van der Waals surface area contributed by atoms with E-state index in [-0.39, 0.29) is 11.4 Å². The number of benzene rings is 1. The third kappa shape index (κ3) is 3.71. The third-order valence-electron chi connectivity index (χ3n) is 4.12. The summed E-state index contributed by atoms with van der Waals surface area (Å²) < 4.78 is 33.1. The van der Waals surface area contributed by atoms with Crippen LogP contribution in [-0.2, 0) is 16.4 Å². The molecule has 0 fully saturated rings. The molecule has 4 aromatic rings. The highest BCUT2D eigenvalue weighted by molar-refractivity contribution is 7.89. The molecule has 0 saturated heterocycles. The molecule has 27 heavy (non-hydrogen) atoms. The molecule has 0 aliphatic heterocycles. The van der Waals surface area contributed by atoms with E-state index in [0.29, 0.717) is 23.2 Å². The lowest BCUT2D eigenvalue weighted by Gasteiger charge is -2.06. The van der Waals surface area contributed by atoms with Gasteiger partial charge in [-0.15, -0.1) is 0 Å². The Labute approximate surface area is 156 Å². The normalized spacial score (nSPS) is 11.7. The largest absolute Gasteiger partial charge is 0.335 e. The van der Waals surface area contributed by atoms with Gasteiger partial charge in [0.15, 0.2) is 0 Å². The molecule has 0 amide bonds. The van der Waals surface area contributed by atoms with Crippen LogP contribution in [0.1, 0.15) is 5.56 Å². The van der Waals surface area contributed by atoms with Gasteiger partial charge in [-0.3, -0.25) is 4.98 Å². The number of rotatable bonds is 6. The number of fused-ring (bicyclic) bond motifs is 1. The second-order valence-electron chi connectivity index (χ2n) is 5.92. The molecule has 0 saturated carbocycles. The van der Waals surface area contributed by atoms with Gasteiger partial charge in [0.25, 0.3) is 5.71 Å². The van der Waals surface area contributed by atoms with E-state index < -0.39 is 10.0 Å². The van der Waals surface area contributed by atoms with Gasteiger partial charge >= 0.3 is 0 Å². The van der Waals surface area contributed by atoms with Crippen molar-refractivity contribution < 1.29 is 12.9 Å². The second-order valence-corrected chi connectivity index (χ2v) is 7.69. The zero-order valence-electron chi connectivity index (χ0n) is 14.2. The molecule has 1 N–H and O–H groups in total. The molecule has 4 rings (SSSR count). The average molecular weight is 380 g/mol. The van der Waals surface area contributed by atoms with Gasteiger partial charge in [0, 0.05) is 24.5 Å². The van der Waals surface area contributed by atoms with Crippen LogP contribution in [0.3, 0.4) is 0 Å². The van der Waals surface area contributed by atoms with Crippen LogP contribution >= 0.6 is 0 Å². The van der Waals surface area contributed by atoms with Crippen molar-refractivity contribution in [3.05, 3.63) is 72.7 Å². The van der Waals surface area contributed by atoms with Crippen LogP contribution in [0.2, 0.25) is 0 Å². The Morgan fingerprint density at radius 3 is 2.59 bits per heavy atom. The van der Waals surface area contributed by atoms with E-state index in [1.165, 1.54) is 12.3 Å². The summed E-state index contributed by atoms with van der Waals surface area (Å²) in [7, 11) is -3.70. The minimum absolute atomic E-state index is 0.0742. The molecule has 8 heteroatoms. The molecule has 0 radical (unpaired) electrons. The van der Waals surface area contributed by atoms with Crippen molar-refractivity contribution in [1.29, 1.82) is 0 Å². The minimum atomic E-state index is -3.70. The summed E-state index contributed by atoms with van der Waals surface area (Å²) in [4.78, 5) is 8.12. The lowest BCUT2D eigenvalue weighted by molar-refractivity contribution is 0.451. The van der Waals surface area contributed by atoms with Crippen molar-refractivity contribution in [1.82, 2.24) is 19.8 Å². The van der Waals surface area contributed by atoms with Crippen molar-refractivity contribution in [3.8, 4) is 11.3 Å². The van der Waals surface area contributed by atoms with Gasteiger partial charge in [-0.1, -0.05) is 35.5 Å². The molecule has 7 nitrogen and oxygen atoms in total. The van der Waals surface area contributed by atoms with Gasteiger partial charge in [-0.05, 0) is 30.2 Å². The highest BCUT2D eigenvalue weighted by Gasteiger charge is 2.18. The Kier molecular flexibility index (Phi) is 4.66. The Balaban J connectivity index is 1.59. The molecule has 136 valence electrons. The molecule has 0 bridgehead atoms. The van der Waals surface area contributed by atoms with Crippen molar-refractivity contribution >= 4 is 21.1 Å². The summed E-state index contributed by atoms with van der Waals surface area (Å²) in [5.74, 6) is 0. The zero-order valence-corrected chi connectivity index (χ0v) is 15.1. The van der Waals surface area contributed by atoms with Crippen molar-refractivity contribution in [2.45, 2.75) is 11.3 Å². The van der Waals surface area contributed by atoms with Gasteiger partial charge in [-0.25, -0.2) is 18.1 Å². The second kappa shape index (κ2) is 7.26. The van der Waals surface area contributed by atoms with Gasteiger partial charge in [0.2, 0.25) is 10.0 Å². The number of hydrogen-bond acceptors (Lipinski definition) is 6. The monoisotopic (exact) mass is 380 g/mol. The van der Waals surface area contributed by atoms with E-state index in [1.807, 2.05) is 42.5 Å². The maximum Gasteiger partial charge on any atom is 0.258 e. The van der Waals surface area contributed by atoms with Crippen LogP contribution in [0.15, 0.2) is 76.5 Å². The first-order chi connectivity index (χ1) is 13.1. The van der Waals surface area contributed by atoms with Crippen molar-refractivity contribution in [2.75, 3.05) is 6.54 Å². The molecule has 3 heterocycles. The van der Waals surface area contributed by atoms with E-state index in [4.69, 9.17) is 4.52 Å². The topological polar surface area (TPSA) is 98.0 Å². The Morgan fingerprint density at radius 1 is 1.04 bits per heavy atom. The SMILES string of the molecule is O=S(=O)(NCCc1ccncc1)c1cnc2onc(-c3ccccc3)c2c1. The van der Waals surface area contributed by atoms with Crippen LogP contribution in [-0.4, -0.2) is 30.1 Å². The van der Waals surface area contributed by atoms with E-state index in [0.717, 1.165) is 11.1 Å². The third-order valence-corrected chi connectivity index (χ3v) is 5.55. The lowest BCUT2D eigenvalue weighted by Crippen LogP contribution is -2.26. The number of nitrogens with one attached hydrogen (secondary N) is 1. The Morgan fingerprint density at radius 2 is 1.81 bits per heavy atom. The molecule has 0 aliphatic rings. The fourth-order valence-corrected chi connectivity index (χ4v) is 3.73. The summed E-state index contributed by atoms with van der Waals surface area (Å²) in [6, 6.07) is 14.7. The maximum absolute atomic E-state index is 12.6. The van der Waals surface area contributed by atoms with Gasteiger partial charge < -0.3 is 4.52 Å². The summed E-state index contributed by atoms with van der Waals surface area (Å²) >= 11 is 0. The molecular formula is C19H16N4O3S. The predicted octanol–water partition coefficient (Wildman–Crippen LogP) is 2.81. The van der Waals surface area contributed by atoms with Crippen LogP contribution in [0, 0.1) is 0 Å². The summed E-state index contributed by atoms with van der Waals surface area (Å²) in [5, 5.41) is 4.59. The highest BCUT2D eigenvalue weighted by Crippen LogP contribution is 2.28. The summed E-state index contributed by atoms with van der Waals surface area (Å²) in [6.45, 7) is 0.277. The van der Waals surface area contributed by atoms with E-state index in [2.05, 4.69) is 19.8 Å². The first-order valence-corrected chi connectivity index (χ1v) is 9.81. The Hall–Kier alpha value is -3.10. The standard InChI is InChI=1S/C19H16N4O3S/c24-27(25,22-11-8-14-6-9-20-10-7-14)16-12-17-18(15-4-2-1-3-5-15)23-26-19(17)21-13-16/h1-7,9-10,12-13,22H,8,11H2. The molecule has 0 aliphatic carbocycles. The maximum atomic E-state index is 12.6. The van der Waals surface area contributed by atoms with Gasteiger partial charge in [-0.2, -0.15) is 0 Å². The summed E-state index contributed by atoms with van der Waals surface area (Å²) in [5.41, 5.74) is 2.70. The number of hydrogen-bond donors (Lipinski definition) is 1. The minimum Gasteiger partial charge on any atom is -0.335 e. The lowest BCUT2D eigenvalue weighted by atomic mass is 10.1. The first-order valence-electron chi connectivity index (χ1n) is 8.33. The molecule has 0 spiro atoms. The quantitative estimate of drug-likeness (QED) is 0.552. The van der Waals surface area contributed by atoms with Gasteiger partial charge in [0.1, 0.15) is 10.6 Å².